The summed E-state index contributed by atoms with van der Waals surface area (Å²) >= 11 is 0. The number of hydrogen-bond donors (Lipinski definition) is 0. The molecule has 7 nitrogen and oxygen atoms in total. The van der Waals surface area contributed by atoms with Crippen LogP contribution in [-0.2, 0) is 28.5 Å². The summed E-state index contributed by atoms with van der Waals surface area (Å²) < 4.78 is 21.1. The lowest BCUT2D eigenvalue weighted by molar-refractivity contribution is -0.155. The van der Waals surface area contributed by atoms with Gasteiger partial charge in [0.15, 0.2) is 18.2 Å². The van der Waals surface area contributed by atoms with E-state index in [-0.39, 0.29) is 0 Å². The second-order valence-electron chi connectivity index (χ2n) is 5.82. The molecular weight excluding hydrogens is 328 g/mol. The van der Waals surface area contributed by atoms with Crippen LogP contribution < -0.4 is 0 Å². The fourth-order valence-electron chi connectivity index (χ4n) is 2.40. The first-order valence-electron chi connectivity index (χ1n) is 7.69. The zero-order valence-corrected chi connectivity index (χ0v) is 14.2. The minimum atomic E-state index is -1.19. The Hall–Kier alpha value is -2.51. The highest BCUT2D eigenvalue weighted by Crippen LogP contribution is 2.31. The summed E-state index contributed by atoms with van der Waals surface area (Å²) in [5.41, 5.74) is 0.314. The Labute approximate surface area is 145 Å². The minimum Gasteiger partial charge on any atom is -0.466 e. The zero-order chi connectivity index (χ0) is 18.4. The highest BCUT2D eigenvalue weighted by atomic mass is 16.8. The maximum atomic E-state index is 12.2. The van der Waals surface area contributed by atoms with Crippen LogP contribution >= 0.6 is 0 Å². The molecule has 1 heterocycles. The minimum absolute atomic E-state index is 0.314. The van der Waals surface area contributed by atoms with Gasteiger partial charge < -0.3 is 18.9 Å². The largest absolute Gasteiger partial charge is 0.466 e. The smallest absolute Gasteiger partial charge is 0.338 e. The lowest BCUT2D eigenvalue weighted by Crippen LogP contribution is -2.39. The summed E-state index contributed by atoms with van der Waals surface area (Å²) in [5, 5.41) is 0. The summed E-state index contributed by atoms with van der Waals surface area (Å²) in [4.78, 5) is 34.9. The molecular formula is C18H20O7. The highest BCUT2D eigenvalue weighted by molar-refractivity contribution is 5.90. The van der Waals surface area contributed by atoms with Crippen molar-refractivity contribution in [3.05, 3.63) is 48.0 Å². The van der Waals surface area contributed by atoms with Crippen molar-refractivity contribution < 1.29 is 33.3 Å². The molecule has 3 atom stereocenters. The molecule has 25 heavy (non-hydrogen) atoms. The number of carbonyl (C=O) groups is 3. The van der Waals surface area contributed by atoms with E-state index in [1.807, 2.05) is 0 Å². The molecule has 7 heteroatoms. The summed E-state index contributed by atoms with van der Waals surface area (Å²) in [5.74, 6) is -2.23. The maximum absolute atomic E-state index is 12.2. The van der Waals surface area contributed by atoms with Gasteiger partial charge >= 0.3 is 11.9 Å². The maximum Gasteiger partial charge on any atom is 0.338 e. The zero-order valence-electron chi connectivity index (χ0n) is 14.2. The van der Waals surface area contributed by atoms with Gasteiger partial charge in [-0.25, -0.2) is 9.59 Å². The number of benzene rings is 1. The van der Waals surface area contributed by atoms with E-state index in [1.165, 1.54) is 19.3 Å². The van der Waals surface area contributed by atoms with E-state index >= 15 is 0 Å². The molecule has 0 bridgehead atoms. The molecule has 0 N–H and O–H groups in total. The summed E-state index contributed by atoms with van der Waals surface area (Å²) in [7, 11) is 1.25. The van der Waals surface area contributed by atoms with Crippen molar-refractivity contribution in [2.45, 2.75) is 37.9 Å². The lowest BCUT2D eigenvalue weighted by Gasteiger charge is -2.21. The number of esters is 2. The van der Waals surface area contributed by atoms with E-state index in [4.69, 9.17) is 14.2 Å². The highest BCUT2D eigenvalue weighted by Gasteiger charge is 2.45. The molecule has 1 aromatic carbocycles. The van der Waals surface area contributed by atoms with Gasteiger partial charge in [-0.1, -0.05) is 18.2 Å². The Morgan fingerprint density at radius 3 is 2.48 bits per heavy atom. The van der Waals surface area contributed by atoms with Crippen LogP contribution in [0.4, 0.5) is 0 Å². The molecule has 0 unspecified atom stereocenters. The molecule has 0 aromatic heterocycles. The fraction of sp³-hybridized carbons (Fsp3) is 0.389. The Balaban J connectivity index is 2.15. The van der Waals surface area contributed by atoms with Crippen molar-refractivity contribution in [2.75, 3.05) is 7.11 Å². The SMILES string of the molecule is COC(=O)/C=C\[C@@H]1OC(C)(C)O[C@@H]1[C@@H](C=O)OC(=O)c1ccccc1. The molecule has 1 aromatic rings. The van der Waals surface area contributed by atoms with Gasteiger partial charge in [-0.3, -0.25) is 4.79 Å². The number of hydrogen-bond acceptors (Lipinski definition) is 7. The van der Waals surface area contributed by atoms with E-state index in [1.54, 1.807) is 44.2 Å². The number of carbonyl (C=O) groups excluding carboxylic acids is 3. The Morgan fingerprint density at radius 2 is 1.88 bits per heavy atom. The van der Waals surface area contributed by atoms with Crippen LogP contribution in [0, 0.1) is 0 Å². The topological polar surface area (TPSA) is 88.1 Å². The van der Waals surface area contributed by atoms with Crippen molar-refractivity contribution in [1.29, 1.82) is 0 Å². The van der Waals surface area contributed by atoms with E-state index in [0.29, 0.717) is 11.8 Å². The van der Waals surface area contributed by atoms with Crippen LogP contribution in [0.25, 0.3) is 0 Å². The molecule has 1 saturated heterocycles. The van der Waals surface area contributed by atoms with Crippen LogP contribution in [0.1, 0.15) is 24.2 Å². The van der Waals surface area contributed by atoms with E-state index < -0.39 is 36.0 Å². The average Bonchev–Trinajstić information content (AvgIpc) is 2.92. The van der Waals surface area contributed by atoms with Crippen molar-refractivity contribution in [3.8, 4) is 0 Å². The average molecular weight is 348 g/mol. The van der Waals surface area contributed by atoms with Gasteiger partial charge in [0, 0.05) is 6.08 Å². The van der Waals surface area contributed by atoms with Crippen LogP contribution in [0.2, 0.25) is 0 Å². The van der Waals surface area contributed by atoms with Gasteiger partial charge in [0.1, 0.15) is 12.2 Å². The van der Waals surface area contributed by atoms with Gasteiger partial charge in [-0.05, 0) is 32.1 Å². The molecule has 0 amide bonds. The molecule has 0 spiro atoms. The van der Waals surface area contributed by atoms with Crippen molar-refractivity contribution >= 4 is 18.2 Å². The van der Waals surface area contributed by atoms with Crippen molar-refractivity contribution in [2.24, 2.45) is 0 Å². The van der Waals surface area contributed by atoms with Gasteiger partial charge in [-0.2, -0.15) is 0 Å². The Bertz CT molecular complexity index is 651. The third-order valence-electron chi connectivity index (χ3n) is 3.50. The first kappa shape index (κ1) is 18.8. The Morgan fingerprint density at radius 1 is 1.20 bits per heavy atom. The first-order chi connectivity index (χ1) is 11.9. The monoisotopic (exact) mass is 348 g/mol. The summed E-state index contributed by atoms with van der Waals surface area (Å²) in [6.45, 7) is 3.32. The number of rotatable bonds is 6. The normalized spacial score (nSPS) is 23.2. The predicted octanol–water partition coefficient (Wildman–Crippen LogP) is 1.66. The van der Waals surface area contributed by atoms with Crippen LogP contribution in [0.5, 0.6) is 0 Å². The first-order valence-corrected chi connectivity index (χ1v) is 7.69. The van der Waals surface area contributed by atoms with Crippen LogP contribution in [-0.4, -0.2) is 49.4 Å². The molecule has 0 saturated carbocycles. The second-order valence-corrected chi connectivity index (χ2v) is 5.82. The van der Waals surface area contributed by atoms with Gasteiger partial charge in [0.05, 0.1) is 12.7 Å². The molecule has 1 aliphatic rings. The predicted molar refractivity (Wildman–Crippen MR) is 86.7 cm³/mol. The van der Waals surface area contributed by atoms with E-state index in [9.17, 15) is 14.4 Å². The van der Waals surface area contributed by atoms with Gasteiger partial charge in [0.2, 0.25) is 0 Å². The van der Waals surface area contributed by atoms with Crippen molar-refractivity contribution in [1.82, 2.24) is 0 Å². The molecule has 0 radical (unpaired) electrons. The molecule has 0 aliphatic carbocycles. The van der Waals surface area contributed by atoms with E-state index in [0.717, 1.165) is 0 Å². The van der Waals surface area contributed by atoms with Gasteiger partial charge in [0.25, 0.3) is 0 Å². The van der Waals surface area contributed by atoms with Crippen molar-refractivity contribution in [3.63, 3.8) is 0 Å². The molecule has 1 fully saturated rings. The fourth-order valence-corrected chi connectivity index (χ4v) is 2.40. The summed E-state index contributed by atoms with van der Waals surface area (Å²) in [6, 6.07) is 8.29. The number of ether oxygens (including phenoxy) is 4. The van der Waals surface area contributed by atoms with E-state index in [2.05, 4.69) is 4.74 Å². The second kappa shape index (κ2) is 8.04. The molecule has 134 valence electrons. The van der Waals surface area contributed by atoms with Crippen LogP contribution in [0.3, 0.4) is 0 Å². The number of aldehydes is 1. The van der Waals surface area contributed by atoms with Crippen LogP contribution in [0.15, 0.2) is 42.5 Å². The third-order valence-corrected chi connectivity index (χ3v) is 3.50. The molecule has 1 aliphatic heterocycles. The Kier molecular flexibility index (Phi) is 6.06. The summed E-state index contributed by atoms with van der Waals surface area (Å²) in [6.07, 6.45) is 0.229. The molecule has 2 rings (SSSR count). The standard InChI is InChI=1S/C18H20O7/c1-18(2)24-13(9-10-15(20)22-3)16(25-18)14(11-19)23-17(21)12-7-5-4-6-8-12/h4-11,13-14,16H,1-3H3/b10-9-/t13-,14+,16-/m0/s1. The van der Waals surface area contributed by atoms with Gasteiger partial charge in [-0.15, -0.1) is 0 Å². The lowest BCUT2D eigenvalue weighted by atomic mass is 10.1. The third kappa shape index (κ3) is 4.98. The quantitative estimate of drug-likeness (QED) is 0.439. The number of methoxy groups -OCH3 is 1.